The molecule has 0 saturated carbocycles. The van der Waals surface area contributed by atoms with Gasteiger partial charge in [0.15, 0.2) is 0 Å². The van der Waals surface area contributed by atoms with Gasteiger partial charge in [-0.15, -0.1) is 0 Å². The van der Waals surface area contributed by atoms with E-state index in [9.17, 15) is 4.79 Å². The summed E-state index contributed by atoms with van der Waals surface area (Å²) < 4.78 is 5.65. The molecule has 3 aliphatic heterocycles. The van der Waals surface area contributed by atoms with Gasteiger partial charge in [0, 0.05) is 51.9 Å². The second-order valence-corrected chi connectivity index (χ2v) is 5.89. The van der Waals surface area contributed by atoms with Crippen molar-refractivity contribution in [2.75, 3.05) is 45.9 Å². The lowest BCUT2D eigenvalue weighted by Crippen LogP contribution is -2.62. The zero-order valence-electron chi connectivity index (χ0n) is 11.8. The summed E-state index contributed by atoms with van der Waals surface area (Å²) in [5.41, 5.74) is 0. The summed E-state index contributed by atoms with van der Waals surface area (Å²) in [6.07, 6.45) is 2.01. The van der Waals surface area contributed by atoms with Crippen molar-refractivity contribution in [3.63, 3.8) is 0 Å². The summed E-state index contributed by atoms with van der Waals surface area (Å²) in [6, 6.07) is 0.704. The highest BCUT2D eigenvalue weighted by Gasteiger charge is 2.37. The number of nitrogens with one attached hydrogen (secondary N) is 1. The van der Waals surface area contributed by atoms with Crippen LogP contribution in [0.2, 0.25) is 0 Å². The normalized spacial score (nSPS) is 33.4. The number of hydrogen-bond donors (Lipinski definition) is 1. The molecule has 2 atom stereocenters. The van der Waals surface area contributed by atoms with Crippen LogP contribution in [0.4, 0.5) is 0 Å². The lowest BCUT2D eigenvalue weighted by Gasteiger charge is -2.43. The summed E-state index contributed by atoms with van der Waals surface area (Å²) >= 11 is 0. The van der Waals surface area contributed by atoms with Crippen LogP contribution in [0, 0.1) is 5.92 Å². The monoisotopic (exact) mass is 267 g/mol. The maximum absolute atomic E-state index is 12.5. The van der Waals surface area contributed by atoms with Crippen LogP contribution in [-0.2, 0) is 9.53 Å². The van der Waals surface area contributed by atoms with Gasteiger partial charge in [-0.2, -0.15) is 0 Å². The lowest BCUT2D eigenvalue weighted by atomic mass is 9.97. The third-order valence-electron chi connectivity index (χ3n) is 4.83. The highest BCUT2D eigenvalue weighted by atomic mass is 16.5. The van der Waals surface area contributed by atoms with Crippen molar-refractivity contribution in [2.45, 2.75) is 31.9 Å². The van der Waals surface area contributed by atoms with Gasteiger partial charge in [-0.05, 0) is 12.8 Å². The predicted octanol–water partition coefficient (Wildman–Crippen LogP) is -0.0825. The van der Waals surface area contributed by atoms with Gasteiger partial charge in [0.1, 0.15) is 0 Å². The largest absolute Gasteiger partial charge is 0.377 e. The second-order valence-electron chi connectivity index (χ2n) is 5.89. The van der Waals surface area contributed by atoms with E-state index in [0.29, 0.717) is 11.9 Å². The van der Waals surface area contributed by atoms with Gasteiger partial charge < -0.3 is 15.0 Å². The molecular formula is C14H25N3O2. The second kappa shape index (κ2) is 5.77. The minimum Gasteiger partial charge on any atom is -0.377 e. The number of piperazine rings is 1. The summed E-state index contributed by atoms with van der Waals surface area (Å²) in [6.45, 7) is 8.93. The molecule has 19 heavy (non-hydrogen) atoms. The number of amides is 1. The number of nitrogens with zero attached hydrogens (tertiary/aromatic N) is 2. The predicted molar refractivity (Wildman–Crippen MR) is 72.9 cm³/mol. The summed E-state index contributed by atoms with van der Waals surface area (Å²) in [5, 5.41) is 3.31. The number of ether oxygens (including phenoxy) is 1. The van der Waals surface area contributed by atoms with Gasteiger partial charge in [0.2, 0.25) is 5.91 Å². The van der Waals surface area contributed by atoms with Gasteiger partial charge in [0.25, 0.3) is 0 Å². The first-order chi connectivity index (χ1) is 9.29. The molecule has 5 nitrogen and oxygen atoms in total. The first-order valence-electron chi connectivity index (χ1n) is 7.64. The van der Waals surface area contributed by atoms with E-state index in [0.717, 1.165) is 58.7 Å². The lowest BCUT2D eigenvalue weighted by molar-refractivity contribution is -0.139. The van der Waals surface area contributed by atoms with Crippen LogP contribution in [-0.4, -0.2) is 73.7 Å². The van der Waals surface area contributed by atoms with Crippen LogP contribution in [0.5, 0.6) is 0 Å². The topological polar surface area (TPSA) is 44.8 Å². The Labute approximate surface area is 115 Å². The number of carbonyl (C=O) groups excluding carboxylic acids is 1. The number of hydrogen-bond acceptors (Lipinski definition) is 4. The molecular weight excluding hydrogens is 242 g/mol. The average molecular weight is 267 g/mol. The van der Waals surface area contributed by atoms with Crippen molar-refractivity contribution in [3.8, 4) is 0 Å². The smallest absolute Gasteiger partial charge is 0.228 e. The fourth-order valence-electron chi connectivity index (χ4n) is 3.41. The maximum Gasteiger partial charge on any atom is 0.228 e. The molecule has 3 fully saturated rings. The molecule has 1 amide bonds. The van der Waals surface area contributed by atoms with E-state index >= 15 is 0 Å². The molecule has 3 aliphatic rings. The highest BCUT2D eigenvalue weighted by Crippen LogP contribution is 2.26. The Morgan fingerprint density at radius 3 is 2.58 bits per heavy atom. The van der Waals surface area contributed by atoms with E-state index in [1.54, 1.807) is 0 Å². The Bertz CT molecular complexity index is 325. The van der Waals surface area contributed by atoms with Crippen LogP contribution >= 0.6 is 0 Å². The van der Waals surface area contributed by atoms with E-state index in [4.69, 9.17) is 4.74 Å². The zero-order chi connectivity index (χ0) is 13.2. The van der Waals surface area contributed by atoms with Crippen molar-refractivity contribution in [2.24, 2.45) is 5.92 Å². The molecule has 3 heterocycles. The fraction of sp³-hybridized carbons (Fsp3) is 0.929. The Morgan fingerprint density at radius 2 is 2.00 bits per heavy atom. The first-order valence-corrected chi connectivity index (χ1v) is 7.64. The van der Waals surface area contributed by atoms with E-state index < -0.39 is 0 Å². The molecule has 0 aromatic carbocycles. The molecule has 5 heteroatoms. The van der Waals surface area contributed by atoms with Crippen molar-refractivity contribution >= 4 is 5.91 Å². The SMILES string of the molecule is CCC1OCCC1C(=O)N1CCN(C2CNC2)CC1. The Hall–Kier alpha value is -0.650. The summed E-state index contributed by atoms with van der Waals surface area (Å²) in [4.78, 5) is 17.1. The van der Waals surface area contributed by atoms with E-state index in [2.05, 4.69) is 22.0 Å². The number of carbonyl (C=O) groups is 1. The zero-order valence-corrected chi connectivity index (χ0v) is 11.8. The van der Waals surface area contributed by atoms with Crippen molar-refractivity contribution < 1.29 is 9.53 Å². The van der Waals surface area contributed by atoms with Crippen LogP contribution in [0.25, 0.3) is 0 Å². The third kappa shape index (κ3) is 2.64. The van der Waals surface area contributed by atoms with Crippen molar-refractivity contribution in [3.05, 3.63) is 0 Å². The maximum atomic E-state index is 12.5. The molecule has 0 radical (unpaired) electrons. The fourth-order valence-corrected chi connectivity index (χ4v) is 3.41. The van der Waals surface area contributed by atoms with E-state index in [1.165, 1.54) is 0 Å². The van der Waals surface area contributed by atoms with E-state index in [-0.39, 0.29) is 12.0 Å². The third-order valence-corrected chi connectivity index (χ3v) is 4.83. The Morgan fingerprint density at radius 1 is 1.26 bits per heavy atom. The minimum atomic E-state index is 0.113. The van der Waals surface area contributed by atoms with Gasteiger partial charge in [-0.3, -0.25) is 9.69 Å². The molecule has 3 rings (SSSR count). The van der Waals surface area contributed by atoms with Crippen molar-refractivity contribution in [1.29, 1.82) is 0 Å². The highest BCUT2D eigenvalue weighted by molar-refractivity contribution is 5.79. The van der Waals surface area contributed by atoms with E-state index in [1.807, 2.05) is 0 Å². The molecule has 0 spiro atoms. The first kappa shape index (κ1) is 13.3. The summed E-state index contributed by atoms with van der Waals surface area (Å²) in [7, 11) is 0. The van der Waals surface area contributed by atoms with Gasteiger partial charge >= 0.3 is 0 Å². The summed E-state index contributed by atoms with van der Waals surface area (Å²) in [5.74, 6) is 0.442. The van der Waals surface area contributed by atoms with Crippen LogP contribution in [0.1, 0.15) is 19.8 Å². The number of rotatable bonds is 3. The molecule has 1 N–H and O–H groups in total. The van der Waals surface area contributed by atoms with Crippen LogP contribution < -0.4 is 5.32 Å². The van der Waals surface area contributed by atoms with Crippen LogP contribution in [0.15, 0.2) is 0 Å². The molecule has 0 aromatic rings. The molecule has 0 aliphatic carbocycles. The quantitative estimate of drug-likeness (QED) is 0.777. The van der Waals surface area contributed by atoms with Gasteiger partial charge in [-0.1, -0.05) is 6.92 Å². The molecule has 108 valence electrons. The molecule has 0 bridgehead atoms. The van der Waals surface area contributed by atoms with Gasteiger partial charge in [0.05, 0.1) is 12.0 Å². The van der Waals surface area contributed by atoms with Crippen LogP contribution in [0.3, 0.4) is 0 Å². The van der Waals surface area contributed by atoms with Gasteiger partial charge in [-0.25, -0.2) is 0 Å². The average Bonchev–Trinajstić information content (AvgIpc) is 2.85. The molecule has 0 aromatic heterocycles. The Kier molecular flexibility index (Phi) is 4.05. The minimum absolute atomic E-state index is 0.113. The molecule has 3 saturated heterocycles. The Balaban J connectivity index is 1.51. The standard InChI is InChI=1S/C14H25N3O2/c1-2-13-12(3-8-19-13)14(18)17-6-4-16(5-7-17)11-9-15-10-11/h11-13,15H,2-10H2,1H3. The molecule has 2 unspecified atom stereocenters. The van der Waals surface area contributed by atoms with Crippen molar-refractivity contribution in [1.82, 2.24) is 15.1 Å².